The van der Waals surface area contributed by atoms with Gasteiger partial charge in [-0.1, -0.05) is 23.7 Å². The fraction of sp³-hybridized carbons (Fsp3) is 0.467. The van der Waals surface area contributed by atoms with Crippen LogP contribution in [-0.4, -0.2) is 51.7 Å². The largest absolute Gasteiger partial charge is 0.491 e. The summed E-state index contributed by atoms with van der Waals surface area (Å²) in [6.45, 7) is 2.72. The Morgan fingerprint density at radius 3 is 3.05 bits per heavy atom. The number of aliphatic hydroxyl groups is 1. The van der Waals surface area contributed by atoms with Crippen LogP contribution in [0.2, 0.25) is 5.02 Å². The average Bonchev–Trinajstić information content (AvgIpc) is 3.05. The zero-order valence-electron chi connectivity index (χ0n) is 12.2. The second-order valence-electron chi connectivity index (χ2n) is 5.55. The van der Waals surface area contributed by atoms with Crippen molar-refractivity contribution in [2.24, 2.45) is 0 Å². The molecule has 1 aliphatic heterocycles. The summed E-state index contributed by atoms with van der Waals surface area (Å²) >= 11 is 6.06. The summed E-state index contributed by atoms with van der Waals surface area (Å²) in [7, 11) is 0. The Kier molecular flexibility index (Phi) is 4.61. The maximum absolute atomic E-state index is 10.7. The summed E-state index contributed by atoms with van der Waals surface area (Å²) in [5.74, 6) is 0.688. The minimum Gasteiger partial charge on any atom is -0.491 e. The lowest BCUT2D eigenvalue weighted by Gasteiger charge is -2.37. The predicted octanol–water partition coefficient (Wildman–Crippen LogP) is 1.82. The molecule has 1 atom stereocenters. The smallest absolute Gasteiger partial charge is 0.137 e. The van der Waals surface area contributed by atoms with Crippen molar-refractivity contribution >= 4 is 11.6 Å². The van der Waals surface area contributed by atoms with Gasteiger partial charge in [-0.2, -0.15) is 15.4 Å². The van der Waals surface area contributed by atoms with Crippen molar-refractivity contribution < 1.29 is 9.84 Å². The summed E-state index contributed by atoms with van der Waals surface area (Å²) in [4.78, 5) is 2.18. The molecule has 0 amide bonds. The number of aromatic amines is 1. The first-order valence-electron chi connectivity index (χ1n) is 7.36. The summed E-state index contributed by atoms with van der Waals surface area (Å²) in [6, 6.07) is 7.43. The fourth-order valence-electron chi connectivity index (χ4n) is 2.80. The van der Waals surface area contributed by atoms with Gasteiger partial charge in [-0.3, -0.25) is 4.90 Å². The number of benzene rings is 1. The second kappa shape index (κ2) is 6.64. The molecule has 2 N–H and O–H groups in total. The van der Waals surface area contributed by atoms with Crippen LogP contribution in [0, 0.1) is 0 Å². The van der Waals surface area contributed by atoms with Crippen LogP contribution in [0.1, 0.15) is 18.5 Å². The molecule has 1 aromatic carbocycles. The van der Waals surface area contributed by atoms with E-state index in [0.29, 0.717) is 36.0 Å². The Morgan fingerprint density at radius 2 is 2.27 bits per heavy atom. The van der Waals surface area contributed by atoms with Gasteiger partial charge >= 0.3 is 0 Å². The lowest BCUT2D eigenvalue weighted by Crippen LogP contribution is -2.47. The molecule has 0 radical (unpaired) electrons. The van der Waals surface area contributed by atoms with E-state index in [0.717, 1.165) is 19.5 Å². The van der Waals surface area contributed by atoms with Crippen molar-refractivity contribution in [3.63, 3.8) is 0 Å². The summed E-state index contributed by atoms with van der Waals surface area (Å²) < 4.78 is 5.71. The minimum absolute atomic E-state index is 0.526. The Balaban J connectivity index is 1.54. The van der Waals surface area contributed by atoms with Crippen LogP contribution in [0.25, 0.3) is 0 Å². The summed E-state index contributed by atoms with van der Waals surface area (Å²) in [6.07, 6.45) is 3.20. The first-order valence-corrected chi connectivity index (χ1v) is 7.73. The molecule has 1 aromatic heterocycles. The minimum atomic E-state index is -0.935. The number of para-hydroxylation sites is 1. The van der Waals surface area contributed by atoms with E-state index in [9.17, 15) is 5.11 Å². The molecule has 1 unspecified atom stereocenters. The van der Waals surface area contributed by atoms with Crippen molar-refractivity contribution in [1.29, 1.82) is 0 Å². The van der Waals surface area contributed by atoms with Crippen molar-refractivity contribution in [2.45, 2.75) is 18.4 Å². The van der Waals surface area contributed by atoms with E-state index in [4.69, 9.17) is 16.3 Å². The molecule has 0 aliphatic carbocycles. The van der Waals surface area contributed by atoms with Gasteiger partial charge in [-0.15, -0.1) is 0 Å². The van der Waals surface area contributed by atoms with Crippen LogP contribution in [0.5, 0.6) is 5.75 Å². The van der Waals surface area contributed by atoms with E-state index in [1.165, 1.54) is 0 Å². The molecule has 0 bridgehead atoms. The van der Waals surface area contributed by atoms with Gasteiger partial charge in [0.15, 0.2) is 0 Å². The van der Waals surface area contributed by atoms with Gasteiger partial charge in [0, 0.05) is 13.1 Å². The third kappa shape index (κ3) is 3.40. The van der Waals surface area contributed by atoms with Gasteiger partial charge < -0.3 is 9.84 Å². The maximum Gasteiger partial charge on any atom is 0.137 e. The third-order valence-corrected chi connectivity index (χ3v) is 4.26. The van der Waals surface area contributed by atoms with Crippen molar-refractivity contribution in [2.75, 3.05) is 26.2 Å². The van der Waals surface area contributed by atoms with Crippen LogP contribution in [0.3, 0.4) is 0 Å². The molecule has 1 fully saturated rings. The van der Waals surface area contributed by atoms with Crippen LogP contribution >= 0.6 is 11.6 Å². The van der Waals surface area contributed by atoms with Crippen molar-refractivity contribution in [3.05, 3.63) is 41.2 Å². The summed E-state index contributed by atoms with van der Waals surface area (Å²) in [5.41, 5.74) is -0.334. The molecule has 118 valence electrons. The number of nitrogens with zero attached hydrogens (tertiary/aromatic N) is 3. The zero-order valence-corrected chi connectivity index (χ0v) is 13.0. The number of rotatable bonds is 5. The number of hydrogen-bond acceptors (Lipinski definition) is 5. The lowest BCUT2D eigenvalue weighted by atomic mass is 9.90. The van der Waals surface area contributed by atoms with Gasteiger partial charge in [0.1, 0.15) is 23.7 Å². The molecule has 22 heavy (non-hydrogen) atoms. The first kappa shape index (κ1) is 15.3. The SMILES string of the molecule is OC1(c2cn[nH]n2)CCCN(CCOc2ccccc2Cl)C1. The summed E-state index contributed by atoms with van der Waals surface area (Å²) in [5, 5.41) is 21.7. The zero-order chi connectivity index (χ0) is 15.4. The third-order valence-electron chi connectivity index (χ3n) is 3.94. The highest BCUT2D eigenvalue weighted by molar-refractivity contribution is 6.32. The number of hydrogen-bond donors (Lipinski definition) is 2. The van der Waals surface area contributed by atoms with Gasteiger partial charge in [0.2, 0.25) is 0 Å². The Bertz CT molecular complexity index is 607. The highest BCUT2D eigenvalue weighted by Crippen LogP contribution is 2.29. The van der Waals surface area contributed by atoms with Crippen molar-refractivity contribution in [3.8, 4) is 5.75 Å². The number of H-pyrrole nitrogens is 1. The molecule has 1 saturated heterocycles. The van der Waals surface area contributed by atoms with Crippen LogP contribution < -0.4 is 4.74 Å². The van der Waals surface area contributed by atoms with E-state index in [2.05, 4.69) is 20.3 Å². The van der Waals surface area contributed by atoms with Crippen LogP contribution in [0.15, 0.2) is 30.5 Å². The molecule has 1 aliphatic rings. The molecule has 0 spiro atoms. The molecule has 2 heterocycles. The number of halogens is 1. The Hall–Kier alpha value is -1.63. The Morgan fingerprint density at radius 1 is 1.41 bits per heavy atom. The molecular formula is C15H19ClN4O2. The van der Waals surface area contributed by atoms with Gasteiger partial charge in [-0.05, 0) is 31.5 Å². The molecule has 0 saturated carbocycles. The van der Waals surface area contributed by atoms with E-state index in [1.54, 1.807) is 12.3 Å². The monoisotopic (exact) mass is 322 g/mol. The van der Waals surface area contributed by atoms with E-state index < -0.39 is 5.60 Å². The van der Waals surface area contributed by atoms with E-state index in [-0.39, 0.29) is 0 Å². The number of β-amino-alcohol motifs (C(OH)–C–C–N with tert-alkyl or cyclic N) is 1. The van der Waals surface area contributed by atoms with Crippen molar-refractivity contribution in [1.82, 2.24) is 20.3 Å². The molecule has 3 rings (SSSR count). The topological polar surface area (TPSA) is 74.3 Å². The molecular weight excluding hydrogens is 304 g/mol. The molecule has 6 nitrogen and oxygen atoms in total. The number of likely N-dealkylation sites (tertiary alicyclic amines) is 1. The molecule has 7 heteroatoms. The predicted molar refractivity (Wildman–Crippen MR) is 82.9 cm³/mol. The van der Waals surface area contributed by atoms with E-state index >= 15 is 0 Å². The highest BCUT2D eigenvalue weighted by Gasteiger charge is 2.36. The molecule has 2 aromatic rings. The fourth-order valence-corrected chi connectivity index (χ4v) is 2.99. The van der Waals surface area contributed by atoms with Crippen LogP contribution in [0.4, 0.5) is 0 Å². The van der Waals surface area contributed by atoms with Gasteiger partial charge in [0.05, 0.1) is 11.2 Å². The second-order valence-corrected chi connectivity index (χ2v) is 5.95. The standard InChI is InChI=1S/C15H19ClN4O2/c16-12-4-1-2-5-13(12)22-9-8-20-7-3-6-15(21,11-20)14-10-17-19-18-14/h1-2,4-5,10,21H,3,6-9,11H2,(H,17,18,19). The lowest BCUT2D eigenvalue weighted by molar-refractivity contribution is -0.0412. The van der Waals surface area contributed by atoms with Gasteiger partial charge in [0.25, 0.3) is 0 Å². The van der Waals surface area contributed by atoms with Crippen LogP contribution in [-0.2, 0) is 5.60 Å². The number of nitrogens with one attached hydrogen (secondary N) is 1. The number of piperidine rings is 1. The highest BCUT2D eigenvalue weighted by atomic mass is 35.5. The van der Waals surface area contributed by atoms with Gasteiger partial charge in [-0.25, -0.2) is 0 Å². The quantitative estimate of drug-likeness (QED) is 0.878. The van der Waals surface area contributed by atoms with E-state index in [1.807, 2.05) is 18.2 Å². The normalized spacial score (nSPS) is 22.6. The number of ether oxygens (including phenoxy) is 1. The maximum atomic E-state index is 10.7. The average molecular weight is 323 g/mol. The Labute approximate surface area is 134 Å². The first-order chi connectivity index (χ1) is 10.7. The number of aromatic nitrogens is 3.